The number of imidazole rings is 1. The highest BCUT2D eigenvalue weighted by molar-refractivity contribution is 9.10. The van der Waals surface area contributed by atoms with Crippen LogP contribution in [0.2, 0.25) is 0 Å². The first-order valence-electron chi connectivity index (χ1n) is 4.02. The average Bonchev–Trinajstić information content (AvgIpc) is 2.32. The van der Waals surface area contributed by atoms with Gasteiger partial charge in [0.1, 0.15) is 4.60 Å². The van der Waals surface area contributed by atoms with E-state index in [1.165, 1.54) is 0 Å². The van der Waals surface area contributed by atoms with Crippen LogP contribution >= 0.6 is 27.7 Å². The van der Waals surface area contributed by atoms with Crippen LogP contribution in [-0.2, 0) is 0 Å². The summed E-state index contributed by atoms with van der Waals surface area (Å²) in [5, 5.41) is 1.10. The Bertz CT molecular complexity index is 258. The van der Waals surface area contributed by atoms with Crippen molar-refractivity contribution in [2.75, 3.05) is 5.75 Å². The molecule has 1 aromatic rings. The van der Waals surface area contributed by atoms with E-state index < -0.39 is 0 Å². The smallest absolute Gasteiger partial charge is 0.169 e. The van der Waals surface area contributed by atoms with Gasteiger partial charge in [0, 0.05) is 6.04 Å². The van der Waals surface area contributed by atoms with Crippen LogP contribution in [0.3, 0.4) is 0 Å². The van der Waals surface area contributed by atoms with E-state index in [1.807, 2.05) is 6.20 Å². The Kier molecular flexibility index (Phi) is 3.65. The molecule has 0 aromatic carbocycles. The zero-order chi connectivity index (χ0) is 9.14. The largest absolute Gasteiger partial charge is 0.311 e. The van der Waals surface area contributed by atoms with Crippen molar-refractivity contribution in [3.05, 3.63) is 10.8 Å². The molecule has 0 N–H and O–H groups in total. The monoisotopic (exact) mass is 248 g/mol. The first-order valence-corrected chi connectivity index (χ1v) is 5.80. The highest BCUT2D eigenvalue weighted by atomic mass is 79.9. The number of halogens is 1. The summed E-state index contributed by atoms with van der Waals surface area (Å²) in [4.78, 5) is 4.31. The first kappa shape index (κ1) is 10.1. The molecule has 0 aliphatic heterocycles. The molecule has 0 bridgehead atoms. The van der Waals surface area contributed by atoms with E-state index in [2.05, 4.69) is 46.3 Å². The third kappa shape index (κ3) is 2.04. The van der Waals surface area contributed by atoms with E-state index in [1.54, 1.807) is 11.8 Å². The zero-order valence-corrected chi connectivity index (χ0v) is 9.94. The summed E-state index contributed by atoms with van der Waals surface area (Å²) in [5.74, 6) is 1.07. The molecule has 1 aromatic heterocycles. The minimum Gasteiger partial charge on any atom is -0.311 e. The molecule has 0 aliphatic rings. The summed E-state index contributed by atoms with van der Waals surface area (Å²) in [6.07, 6.45) is 1.86. The SMILES string of the molecule is CCSc1ncc(Br)n1C(C)C. The Hall–Kier alpha value is 0.0400. The van der Waals surface area contributed by atoms with E-state index >= 15 is 0 Å². The maximum atomic E-state index is 4.31. The number of rotatable bonds is 3. The van der Waals surface area contributed by atoms with Crippen LogP contribution in [0.4, 0.5) is 0 Å². The van der Waals surface area contributed by atoms with Crippen LogP contribution in [0.25, 0.3) is 0 Å². The highest BCUT2D eigenvalue weighted by Crippen LogP contribution is 2.25. The minimum absolute atomic E-state index is 0.468. The van der Waals surface area contributed by atoms with Crippen molar-refractivity contribution in [2.45, 2.75) is 32.0 Å². The summed E-state index contributed by atoms with van der Waals surface area (Å²) in [7, 11) is 0. The fourth-order valence-corrected chi connectivity index (χ4v) is 2.66. The summed E-state index contributed by atoms with van der Waals surface area (Å²) in [6, 6.07) is 0.468. The molecular weight excluding hydrogens is 236 g/mol. The van der Waals surface area contributed by atoms with Crippen LogP contribution in [0, 0.1) is 0 Å². The van der Waals surface area contributed by atoms with Gasteiger partial charge in [-0.2, -0.15) is 0 Å². The predicted octanol–water partition coefficient (Wildman–Crippen LogP) is 3.34. The van der Waals surface area contributed by atoms with E-state index in [0.717, 1.165) is 15.5 Å². The predicted molar refractivity (Wildman–Crippen MR) is 56.7 cm³/mol. The number of thioether (sulfide) groups is 1. The third-order valence-corrected chi connectivity index (χ3v) is 2.94. The Morgan fingerprint density at radius 1 is 1.67 bits per heavy atom. The van der Waals surface area contributed by atoms with Crippen molar-refractivity contribution in [3.63, 3.8) is 0 Å². The van der Waals surface area contributed by atoms with E-state index in [9.17, 15) is 0 Å². The lowest BCUT2D eigenvalue weighted by Crippen LogP contribution is -2.02. The van der Waals surface area contributed by atoms with Crippen LogP contribution in [0.1, 0.15) is 26.8 Å². The lowest BCUT2D eigenvalue weighted by atomic mass is 10.4. The fourth-order valence-electron chi connectivity index (χ4n) is 1.03. The lowest BCUT2D eigenvalue weighted by Gasteiger charge is -2.11. The molecule has 4 heteroatoms. The maximum absolute atomic E-state index is 4.31. The molecule has 1 rings (SSSR count). The second kappa shape index (κ2) is 4.33. The van der Waals surface area contributed by atoms with Crippen molar-refractivity contribution in [1.29, 1.82) is 0 Å². The Morgan fingerprint density at radius 2 is 2.33 bits per heavy atom. The van der Waals surface area contributed by atoms with Gasteiger partial charge in [-0.15, -0.1) is 0 Å². The summed E-state index contributed by atoms with van der Waals surface area (Å²) in [6.45, 7) is 6.45. The number of hydrogen-bond acceptors (Lipinski definition) is 2. The minimum atomic E-state index is 0.468. The number of nitrogens with zero attached hydrogens (tertiary/aromatic N) is 2. The van der Waals surface area contributed by atoms with Gasteiger partial charge < -0.3 is 4.57 Å². The second-order valence-corrected chi connectivity index (χ2v) is 4.80. The van der Waals surface area contributed by atoms with Gasteiger partial charge in [-0.1, -0.05) is 18.7 Å². The van der Waals surface area contributed by atoms with Gasteiger partial charge in [-0.3, -0.25) is 0 Å². The molecule has 0 fully saturated rings. The van der Waals surface area contributed by atoms with Crippen molar-refractivity contribution in [3.8, 4) is 0 Å². The molecule has 12 heavy (non-hydrogen) atoms. The topological polar surface area (TPSA) is 17.8 Å². The first-order chi connectivity index (χ1) is 5.66. The molecule has 1 heterocycles. The van der Waals surface area contributed by atoms with Gasteiger partial charge in [0.15, 0.2) is 5.16 Å². The van der Waals surface area contributed by atoms with Crippen molar-refractivity contribution < 1.29 is 0 Å². The van der Waals surface area contributed by atoms with Crippen LogP contribution in [0.15, 0.2) is 16.0 Å². The van der Waals surface area contributed by atoms with Crippen molar-refractivity contribution in [1.82, 2.24) is 9.55 Å². The van der Waals surface area contributed by atoms with Gasteiger partial charge in [0.2, 0.25) is 0 Å². The zero-order valence-electron chi connectivity index (χ0n) is 7.54. The Labute approximate surface area is 85.9 Å². The standard InChI is InChI=1S/C8H13BrN2S/c1-4-12-8-10-5-7(9)11(8)6(2)3/h5-6H,4H2,1-3H3. The van der Waals surface area contributed by atoms with Crippen molar-refractivity contribution >= 4 is 27.7 Å². The highest BCUT2D eigenvalue weighted by Gasteiger charge is 2.09. The molecule has 2 nitrogen and oxygen atoms in total. The van der Waals surface area contributed by atoms with Gasteiger partial charge in [0.25, 0.3) is 0 Å². The molecule has 0 aliphatic carbocycles. The maximum Gasteiger partial charge on any atom is 0.169 e. The Balaban J connectivity index is 2.95. The van der Waals surface area contributed by atoms with E-state index in [0.29, 0.717) is 6.04 Å². The van der Waals surface area contributed by atoms with Crippen LogP contribution in [-0.4, -0.2) is 15.3 Å². The third-order valence-electron chi connectivity index (χ3n) is 1.51. The normalized spacial score (nSPS) is 11.1. The molecule has 0 amide bonds. The van der Waals surface area contributed by atoms with Gasteiger partial charge >= 0.3 is 0 Å². The molecule has 0 saturated heterocycles. The molecule has 0 atom stereocenters. The van der Waals surface area contributed by atoms with Crippen LogP contribution < -0.4 is 0 Å². The number of aromatic nitrogens is 2. The van der Waals surface area contributed by atoms with E-state index in [-0.39, 0.29) is 0 Å². The van der Waals surface area contributed by atoms with Gasteiger partial charge in [-0.25, -0.2) is 4.98 Å². The van der Waals surface area contributed by atoms with Crippen LogP contribution in [0.5, 0.6) is 0 Å². The molecule has 0 radical (unpaired) electrons. The summed E-state index contributed by atoms with van der Waals surface area (Å²) >= 11 is 5.25. The summed E-state index contributed by atoms with van der Waals surface area (Å²) < 4.78 is 3.25. The fraction of sp³-hybridized carbons (Fsp3) is 0.625. The molecule has 68 valence electrons. The summed E-state index contributed by atoms with van der Waals surface area (Å²) in [5.41, 5.74) is 0. The molecule has 0 unspecified atom stereocenters. The quantitative estimate of drug-likeness (QED) is 0.764. The van der Waals surface area contributed by atoms with Crippen molar-refractivity contribution in [2.24, 2.45) is 0 Å². The van der Waals surface area contributed by atoms with Gasteiger partial charge in [0.05, 0.1) is 6.20 Å². The number of hydrogen-bond donors (Lipinski definition) is 0. The lowest BCUT2D eigenvalue weighted by molar-refractivity contribution is 0.540. The molecular formula is C8H13BrN2S. The molecule has 0 saturated carbocycles. The van der Waals surface area contributed by atoms with Gasteiger partial charge in [-0.05, 0) is 35.5 Å². The average molecular weight is 249 g/mol. The van der Waals surface area contributed by atoms with E-state index in [4.69, 9.17) is 0 Å². The Morgan fingerprint density at radius 3 is 2.83 bits per heavy atom. The second-order valence-electron chi connectivity index (χ2n) is 2.76. The molecule has 0 spiro atoms.